The average Bonchev–Trinajstić information content (AvgIpc) is 3.24. The summed E-state index contributed by atoms with van der Waals surface area (Å²) in [6.45, 7) is 5.91. The van der Waals surface area contributed by atoms with Gasteiger partial charge in [-0.2, -0.15) is 11.5 Å². The molecule has 3 rings (SSSR count). The van der Waals surface area contributed by atoms with Gasteiger partial charge in [0.1, 0.15) is 5.75 Å². The van der Waals surface area contributed by atoms with Crippen LogP contribution in [-0.4, -0.2) is 18.0 Å². The predicted molar refractivity (Wildman–Crippen MR) is 80.4 cm³/mol. The first-order valence-electron chi connectivity index (χ1n) is 6.30. The van der Waals surface area contributed by atoms with Crippen molar-refractivity contribution in [2.45, 2.75) is 0 Å². The largest absolute Gasteiger partial charge is 2.00 e. The molecule has 1 fully saturated rings. The van der Waals surface area contributed by atoms with Crippen molar-refractivity contribution in [3.05, 3.63) is 73.7 Å². The summed E-state index contributed by atoms with van der Waals surface area (Å²) in [5.74, 6) is 1.04. The molecule has 0 heterocycles. The number of fused-ring (bicyclic) bond motifs is 1. The molecular formula is C18H16O3U2. The molecule has 114 valence electrons. The van der Waals surface area contributed by atoms with Gasteiger partial charge in [0.15, 0.2) is 0 Å². The zero-order valence-corrected chi connectivity index (χ0v) is 21.3. The summed E-state index contributed by atoms with van der Waals surface area (Å²) in [5, 5.41) is 9.25. The number of phenolic OH excluding ortho intramolecular Hbond substituents is 1. The molecule has 0 bridgehead atoms. The fourth-order valence-corrected chi connectivity index (χ4v) is 2.27. The number of carbonyl (C=O) groups excluding carboxylic acids is 1. The molecule has 1 saturated carbocycles. The standard InChI is InChI=1S/C17H13O3.CH3.2U/c1-10(11-3-5-14(18)6-4-11)17(19)13-7-12-8-15(12)16(9-13)20-2;;;/h1,3-6,8-9,12,15,18H,2H3;1H3;;/q-3;-1;2*+2. The van der Waals surface area contributed by atoms with Crippen LogP contribution in [0.2, 0.25) is 0 Å². The van der Waals surface area contributed by atoms with Crippen LogP contribution in [-0.2, 0) is 9.53 Å². The summed E-state index contributed by atoms with van der Waals surface area (Å²) >= 11 is 0. The van der Waals surface area contributed by atoms with Crippen LogP contribution in [0.25, 0.3) is 5.57 Å². The number of carbonyl (C=O) groups is 1. The fourth-order valence-electron chi connectivity index (χ4n) is 2.27. The fraction of sp³-hybridized carbons (Fsp3) is 0.167. The van der Waals surface area contributed by atoms with Crippen molar-refractivity contribution >= 4 is 11.4 Å². The summed E-state index contributed by atoms with van der Waals surface area (Å²) in [5.41, 5.74) is 1.15. The number of methoxy groups -OCH3 is 1. The van der Waals surface area contributed by atoms with Crippen molar-refractivity contribution < 1.29 is 76.9 Å². The molecule has 0 saturated heterocycles. The van der Waals surface area contributed by atoms with E-state index in [0.29, 0.717) is 11.1 Å². The van der Waals surface area contributed by atoms with Crippen molar-refractivity contribution in [1.82, 2.24) is 0 Å². The minimum Gasteiger partial charge on any atom is -0.516 e. The maximum Gasteiger partial charge on any atom is 2.00 e. The molecule has 1 aromatic rings. The van der Waals surface area contributed by atoms with Gasteiger partial charge in [0.25, 0.3) is 0 Å². The van der Waals surface area contributed by atoms with Crippen molar-refractivity contribution in [3.8, 4) is 5.75 Å². The Hall–Kier alpha value is -0.186. The number of Topliss-reactive ketones (excluding diaryl/α,β-unsaturated/α-hetero) is 1. The number of hydrogen-bond acceptors (Lipinski definition) is 3. The van der Waals surface area contributed by atoms with E-state index in [9.17, 15) is 9.90 Å². The second-order valence-electron chi connectivity index (χ2n) is 4.84. The Morgan fingerprint density at radius 1 is 1.30 bits per heavy atom. The molecule has 2 atom stereocenters. The first kappa shape index (κ1) is 22.8. The van der Waals surface area contributed by atoms with Crippen LogP contribution in [0.3, 0.4) is 0 Å². The third-order valence-electron chi connectivity index (χ3n) is 3.50. The number of ether oxygens (including phenoxy) is 1. The first-order valence-corrected chi connectivity index (χ1v) is 6.30. The molecule has 3 nitrogen and oxygen atoms in total. The first-order chi connectivity index (χ1) is 9.60. The van der Waals surface area contributed by atoms with Gasteiger partial charge in [-0.15, -0.1) is 29.3 Å². The minimum atomic E-state index is -0.274. The third kappa shape index (κ3) is 4.90. The van der Waals surface area contributed by atoms with Crippen molar-refractivity contribution in [2.75, 3.05) is 7.11 Å². The second kappa shape index (κ2) is 9.34. The van der Waals surface area contributed by atoms with Crippen LogP contribution in [0.4, 0.5) is 0 Å². The van der Waals surface area contributed by atoms with Crippen LogP contribution < -0.4 is 0 Å². The molecule has 5 heteroatoms. The Balaban J connectivity index is 0.00000161. The Morgan fingerprint density at radius 2 is 1.91 bits per heavy atom. The van der Waals surface area contributed by atoms with Crippen LogP contribution >= 0.6 is 0 Å². The quantitative estimate of drug-likeness (QED) is 0.380. The summed E-state index contributed by atoms with van der Waals surface area (Å²) in [6.07, 6.45) is 6.88. The van der Waals surface area contributed by atoms with Gasteiger partial charge in [0, 0.05) is 5.76 Å². The van der Waals surface area contributed by atoms with Gasteiger partial charge < -0.3 is 28.5 Å². The Bertz CT molecular complexity index is 645. The minimum absolute atomic E-state index is 0. The van der Waals surface area contributed by atoms with Crippen LogP contribution in [0.1, 0.15) is 5.56 Å². The topological polar surface area (TPSA) is 46.5 Å². The number of aromatic hydroxyl groups is 1. The molecule has 1 N–H and O–H groups in total. The number of phenols is 1. The van der Waals surface area contributed by atoms with E-state index in [1.807, 2.05) is 0 Å². The van der Waals surface area contributed by atoms with E-state index in [1.54, 1.807) is 25.3 Å². The van der Waals surface area contributed by atoms with E-state index in [-0.39, 0.29) is 98.6 Å². The van der Waals surface area contributed by atoms with Crippen LogP contribution in [0.5, 0.6) is 5.75 Å². The summed E-state index contributed by atoms with van der Waals surface area (Å²) in [4.78, 5) is 12.4. The van der Waals surface area contributed by atoms with E-state index in [0.717, 1.165) is 5.76 Å². The van der Waals surface area contributed by atoms with E-state index in [2.05, 4.69) is 12.5 Å². The maximum absolute atomic E-state index is 12.4. The van der Waals surface area contributed by atoms with Gasteiger partial charge in [-0.3, -0.25) is 0 Å². The molecular weight excluding hydrogens is 740 g/mol. The number of allylic oxidation sites excluding steroid dienone is 5. The smallest absolute Gasteiger partial charge is 0.516 e. The monoisotopic (exact) mass is 756 g/mol. The third-order valence-corrected chi connectivity index (χ3v) is 3.50. The molecule has 0 aliphatic heterocycles. The second-order valence-corrected chi connectivity index (χ2v) is 4.84. The van der Waals surface area contributed by atoms with E-state index in [4.69, 9.17) is 11.3 Å². The molecule has 2 unspecified atom stereocenters. The predicted octanol–water partition coefficient (Wildman–Crippen LogP) is 2.95. The maximum atomic E-state index is 12.4. The van der Waals surface area contributed by atoms with Crippen molar-refractivity contribution in [3.63, 3.8) is 0 Å². The molecule has 0 radical (unpaired) electrons. The van der Waals surface area contributed by atoms with Crippen LogP contribution in [0, 0.1) is 101 Å². The van der Waals surface area contributed by atoms with Gasteiger partial charge in [-0.25, -0.2) is 18.6 Å². The molecule has 0 amide bonds. The van der Waals surface area contributed by atoms with Crippen molar-refractivity contribution in [1.29, 1.82) is 0 Å². The molecule has 0 spiro atoms. The van der Waals surface area contributed by atoms with Gasteiger partial charge >= 0.3 is 62.2 Å². The number of benzene rings is 1. The van der Waals surface area contributed by atoms with E-state index < -0.39 is 0 Å². The van der Waals surface area contributed by atoms with Gasteiger partial charge in [-0.1, -0.05) is 0 Å². The number of ketones is 1. The van der Waals surface area contributed by atoms with Crippen molar-refractivity contribution in [2.24, 2.45) is 11.8 Å². The summed E-state index contributed by atoms with van der Waals surface area (Å²) < 4.78 is 5.26. The summed E-state index contributed by atoms with van der Waals surface area (Å²) in [6, 6.07) is 6.21. The Kier molecular flexibility index (Phi) is 9.26. The Labute approximate surface area is 185 Å². The van der Waals surface area contributed by atoms with Crippen LogP contribution in [0.15, 0.2) is 41.7 Å². The molecule has 2 aliphatic carbocycles. The van der Waals surface area contributed by atoms with Gasteiger partial charge in [-0.05, 0) is 12.1 Å². The normalized spacial score (nSPS) is 20.2. The zero-order valence-electron chi connectivity index (χ0n) is 13.0. The van der Waals surface area contributed by atoms with E-state index >= 15 is 0 Å². The molecule has 1 aromatic carbocycles. The van der Waals surface area contributed by atoms with E-state index in [1.165, 1.54) is 12.1 Å². The SMILES string of the molecule is [CH-]=C(C(=O)C1=[C-]C2[CH-]C2C(OC)=C1)c1ccc(O)cc1.[CH3-].[U+2].[U+2]. The molecule has 0 aromatic heterocycles. The Morgan fingerprint density at radius 3 is 2.48 bits per heavy atom. The number of hydrogen-bond donors (Lipinski definition) is 1. The molecule has 23 heavy (non-hydrogen) atoms. The summed E-state index contributed by atoms with van der Waals surface area (Å²) in [7, 11) is 1.59. The van der Waals surface area contributed by atoms with Gasteiger partial charge in [0.2, 0.25) is 0 Å². The molecule has 2 aliphatic rings. The number of rotatable bonds is 4. The average molecular weight is 756 g/mol. The zero-order chi connectivity index (χ0) is 14.3. The van der Waals surface area contributed by atoms with Gasteiger partial charge in [0.05, 0.1) is 12.9 Å².